The Hall–Kier alpha value is -8.20. The van der Waals surface area contributed by atoms with E-state index >= 15 is 0 Å². The second-order valence-corrected chi connectivity index (χ2v) is 15.7. The summed E-state index contributed by atoms with van der Waals surface area (Å²) in [7, 11) is 0. The molecule has 62 heavy (non-hydrogen) atoms. The Labute approximate surface area is 362 Å². The van der Waals surface area contributed by atoms with Crippen LogP contribution in [0.25, 0.3) is 83.1 Å². The van der Waals surface area contributed by atoms with Gasteiger partial charge in [-0.25, -0.2) is 0 Å². The average Bonchev–Trinajstić information content (AvgIpc) is 3.69. The van der Waals surface area contributed by atoms with E-state index in [1.54, 1.807) is 0 Å². The molecule has 0 bridgehead atoms. The fourth-order valence-corrected chi connectivity index (χ4v) is 9.07. The fourth-order valence-electron chi connectivity index (χ4n) is 9.07. The first-order chi connectivity index (χ1) is 30.8. The quantitative estimate of drug-likeness (QED) is 0.141. The van der Waals surface area contributed by atoms with Crippen LogP contribution in [0.3, 0.4) is 0 Å². The van der Waals surface area contributed by atoms with Crippen LogP contribution in [0.1, 0.15) is 0 Å². The van der Waals surface area contributed by atoms with Crippen molar-refractivity contribution in [2.24, 2.45) is 0 Å². The fraction of sp³-hybridized carbons (Fsp3) is 0. The number of para-hydroxylation sites is 1. The van der Waals surface area contributed by atoms with E-state index < -0.39 is 0 Å². The monoisotopic (exact) mass is 790 g/mol. The van der Waals surface area contributed by atoms with E-state index in [1.807, 2.05) is 0 Å². The third-order valence-electron chi connectivity index (χ3n) is 12.0. The molecule has 2 nitrogen and oxygen atoms in total. The molecule has 10 aromatic carbocycles. The van der Waals surface area contributed by atoms with Gasteiger partial charge in [0.15, 0.2) is 0 Å². The molecule has 0 atom stereocenters. The maximum Gasteiger partial charge on any atom is 0.0561 e. The summed E-state index contributed by atoms with van der Waals surface area (Å²) >= 11 is 0. The molecular weight excluding hydrogens is 749 g/mol. The number of anilines is 3. The molecule has 0 fully saturated rings. The minimum Gasteiger partial charge on any atom is -0.310 e. The summed E-state index contributed by atoms with van der Waals surface area (Å²) < 4.78 is 2.43. The molecule has 0 saturated heterocycles. The minimum atomic E-state index is 1.08. The molecule has 0 unspecified atom stereocenters. The predicted molar refractivity (Wildman–Crippen MR) is 263 cm³/mol. The summed E-state index contributed by atoms with van der Waals surface area (Å²) in [5.74, 6) is 0. The topological polar surface area (TPSA) is 8.17 Å². The van der Waals surface area contributed by atoms with E-state index in [1.165, 1.54) is 71.9 Å². The molecule has 0 N–H and O–H groups in total. The van der Waals surface area contributed by atoms with Gasteiger partial charge >= 0.3 is 0 Å². The van der Waals surface area contributed by atoms with Crippen LogP contribution in [0.4, 0.5) is 17.1 Å². The van der Waals surface area contributed by atoms with Gasteiger partial charge in [0.1, 0.15) is 0 Å². The number of rotatable bonds is 9. The van der Waals surface area contributed by atoms with Crippen molar-refractivity contribution >= 4 is 38.9 Å². The first kappa shape index (κ1) is 36.8. The molecule has 0 spiro atoms. The Balaban J connectivity index is 1.06. The molecule has 2 heteroatoms. The Morgan fingerprint density at radius 1 is 0.242 bits per heavy atom. The number of benzene rings is 10. The highest BCUT2D eigenvalue weighted by Crippen LogP contribution is 2.42. The Morgan fingerprint density at radius 2 is 0.645 bits per heavy atom. The van der Waals surface area contributed by atoms with Gasteiger partial charge in [0, 0.05) is 33.5 Å². The first-order valence-electron chi connectivity index (χ1n) is 21.3. The molecule has 0 amide bonds. The van der Waals surface area contributed by atoms with Gasteiger partial charge in [-0.05, 0) is 110 Å². The van der Waals surface area contributed by atoms with Crippen LogP contribution in [0.5, 0.6) is 0 Å². The van der Waals surface area contributed by atoms with Crippen LogP contribution in [0.15, 0.2) is 255 Å². The van der Waals surface area contributed by atoms with E-state index in [0.29, 0.717) is 0 Å². The third-order valence-corrected chi connectivity index (χ3v) is 12.0. The predicted octanol–water partition coefficient (Wildman–Crippen LogP) is 16.6. The molecular formula is C60H42N2. The minimum absolute atomic E-state index is 1.08. The number of nitrogens with zero attached hydrogens (tertiary/aromatic N) is 2. The van der Waals surface area contributed by atoms with Crippen molar-refractivity contribution in [3.63, 3.8) is 0 Å². The second-order valence-electron chi connectivity index (χ2n) is 15.7. The molecule has 0 aliphatic carbocycles. The highest BCUT2D eigenvalue weighted by atomic mass is 15.1. The summed E-state index contributed by atoms with van der Waals surface area (Å²) in [5.41, 5.74) is 18.7. The molecule has 11 rings (SSSR count). The third kappa shape index (κ3) is 6.84. The first-order valence-corrected chi connectivity index (χ1v) is 21.3. The zero-order valence-electron chi connectivity index (χ0n) is 34.1. The van der Waals surface area contributed by atoms with Crippen LogP contribution in [-0.2, 0) is 0 Å². The molecule has 1 heterocycles. The van der Waals surface area contributed by atoms with E-state index in [4.69, 9.17) is 0 Å². The van der Waals surface area contributed by atoms with Crippen LogP contribution in [0.2, 0.25) is 0 Å². The zero-order valence-corrected chi connectivity index (χ0v) is 34.1. The highest BCUT2D eigenvalue weighted by molar-refractivity contribution is 6.10. The van der Waals surface area contributed by atoms with Gasteiger partial charge in [0.2, 0.25) is 0 Å². The van der Waals surface area contributed by atoms with Gasteiger partial charge in [0.25, 0.3) is 0 Å². The zero-order chi connectivity index (χ0) is 41.2. The van der Waals surface area contributed by atoms with Crippen molar-refractivity contribution in [1.82, 2.24) is 4.57 Å². The maximum absolute atomic E-state index is 2.43. The normalized spacial score (nSPS) is 11.2. The maximum atomic E-state index is 2.43. The van der Waals surface area contributed by atoms with Crippen molar-refractivity contribution in [3.8, 4) is 61.3 Å². The Kier molecular flexibility index (Phi) is 9.57. The van der Waals surface area contributed by atoms with Gasteiger partial charge in [0.05, 0.1) is 11.0 Å². The largest absolute Gasteiger partial charge is 0.310 e. The van der Waals surface area contributed by atoms with E-state index in [2.05, 4.69) is 264 Å². The van der Waals surface area contributed by atoms with E-state index in [9.17, 15) is 0 Å². The summed E-state index contributed by atoms with van der Waals surface area (Å²) in [4.78, 5) is 2.38. The molecule has 0 radical (unpaired) electrons. The molecule has 292 valence electrons. The lowest BCUT2D eigenvalue weighted by molar-refractivity contribution is 1.18. The van der Waals surface area contributed by atoms with Crippen molar-refractivity contribution < 1.29 is 0 Å². The Morgan fingerprint density at radius 3 is 1.23 bits per heavy atom. The van der Waals surface area contributed by atoms with Crippen LogP contribution < -0.4 is 4.90 Å². The van der Waals surface area contributed by atoms with Crippen molar-refractivity contribution in [2.75, 3.05) is 4.90 Å². The SMILES string of the molecule is c1ccc(-c2ccc(N(c3ccc(-c4ccccc4-c4ccccc4)cc3)c3ccc4c5ccccc5n(-c5cccc(-c6ccccc6-c6ccccc6)c5)c4c3)cc2)cc1. The van der Waals surface area contributed by atoms with Gasteiger partial charge in [-0.15, -0.1) is 0 Å². The lowest BCUT2D eigenvalue weighted by Gasteiger charge is -2.26. The molecule has 0 aliphatic heterocycles. The van der Waals surface area contributed by atoms with Crippen LogP contribution in [-0.4, -0.2) is 4.57 Å². The van der Waals surface area contributed by atoms with Crippen molar-refractivity contribution in [1.29, 1.82) is 0 Å². The molecule has 1 aromatic heterocycles. The lowest BCUT2D eigenvalue weighted by Crippen LogP contribution is -2.10. The van der Waals surface area contributed by atoms with E-state index in [-0.39, 0.29) is 0 Å². The highest BCUT2D eigenvalue weighted by Gasteiger charge is 2.19. The number of hydrogen-bond acceptors (Lipinski definition) is 1. The molecule has 0 saturated carbocycles. The number of fused-ring (bicyclic) bond motifs is 3. The summed E-state index contributed by atoms with van der Waals surface area (Å²) in [6.07, 6.45) is 0. The van der Waals surface area contributed by atoms with Gasteiger partial charge in [-0.3, -0.25) is 0 Å². The number of aromatic nitrogens is 1. The van der Waals surface area contributed by atoms with Gasteiger partial charge in [-0.2, -0.15) is 0 Å². The van der Waals surface area contributed by atoms with Crippen LogP contribution in [0, 0.1) is 0 Å². The Bertz CT molecular complexity index is 3310. The van der Waals surface area contributed by atoms with Gasteiger partial charge in [-0.1, -0.05) is 200 Å². The standard InChI is InChI=1S/C60H42N2/c1-4-17-43(18-5-1)44-31-35-49(36-32-44)61(50-37-33-47(34-38-50)55-27-11-10-25-53(55)45-19-6-2-7-20-45)52-39-40-58-57-29-14-15-30-59(57)62(60(58)42-52)51-24-16-23-48(41-51)56-28-13-12-26-54(56)46-21-8-3-9-22-46/h1-42H. The van der Waals surface area contributed by atoms with Crippen molar-refractivity contribution in [3.05, 3.63) is 255 Å². The summed E-state index contributed by atoms with van der Waals surface area (Å²) in [6, 6.07) is 92.0. The summed E-state index contributed by atoms with van der Waals surface area (Å²) in [5, 5.41) is 2.44. The van der Waals surface area contributed by atoms with Gasteiger partial charge < -0.3 is 9.47 Å². The molecule has 11 aromatic rings. The summed E-state index contributed by atoms with van der Waals surface area (Å²) in [6.45, 7) is 0. The number of hydrogen-bond donors (Lipinski definition) is 0. The van der Waals surface area contributed by atoms with Crippen LogP contribution >= 0.6 is 0 Å². The molecule has 0 aliphatic rings. The second kappa shape index (κ2) is 16.1. The lowest BCUT2D eigenvalue weighted by atomic mass is 9.94. The van der Waals surface area contributed by atoms with E-state index in [0.717, 1.165) is 28.3 Å². The average molecular weight is 791 g/mol. The smallest absolute Gasteiger partial charge is 0.0561 e. The van der Waals surface area contributed by atoms with Crippen molar-refractivity contribution in [2.45, 2.75) is 0 Å².